The van der Waals surface area contributed by atoms with Crippen molar-refractivity contribution in [3.63, 3.8) is 0 Å². The minimum atomic E-state index is -0.287. The molecule has 54 heavy (non-hydrogen) atoms. The molecule has 0 N–H and O–H groups in total. The minimum Gasteiger partial charge on any atom is -0.493 e. The SMILES string of the molecule is CCOC(=O)c1c(CCCOc2cccc3ccccc23)c2cccc3c2n1CCCN(C)Cc1c-3c(COc2ccc(N3CCOCC3)cc2)nn1C. The largest absolute Gasteiger partial charge is 0.493 e. The summed E-state index contributed by atoms with van der Waals surface area (Å²) in [5, 5.41) is 8.38. The van der Waals surface area contributed by atoms with Crippen molar-refractivity contribution < 1.29 is 23.7 Å². The van der Waals surface area contributed by atoms with Crippen LogP contribution in [0.25, 0.3) is 32.8 Å². The van der Waals surface area contributed by atoms with Gasteiger partial charge in [0.1, 0.15) is 29.5 Å². The van der Waals surface area contributed by atoms with E-state index in [-0.39, 0.29) is 5.97 Å². The van der Waals surface area contributed by atoms with Crippen LogP contribution in [-0.4, -0.2) is 78.3 Å². The van der Waals surface area contributed by atoms with Crippen LogP contribution in [0.2, 0.25) is 0 Å². The Morgan fingerprint density at radius 2 is 1.63 bits per heavy atom. The second kappa shape index (κ2) is 16.0. The van der Waals surface area contributed by atoms with E-state index in [0.717, 1.165) is 113 Å². The summed E-state index contributed by atoms with van der Waals surface area (Å²) in [6.07, 6.45) is 2.29. The van der Waals surface area contributed by atoms with Crippen LogP contribution in [0.5, 0.6) is 11.5 Å². The summed E-state index contributed by atoms with van der Waals surface area (Å²) in [5.41, 5.74) is 7.94. The van der Waals surface area contributed by atoms with Crippen molar-refractivity contribution >= 4 is 33.3 Å². The van der Waals surface area contributed by atoms with E-state index in [0.29, 0.717) is 38.5 Å². The first-order valence-corrected chi connectivity index (χ1v) is 19.2. The molecular formula is C44H49N5O5. The minimum absolute atomic E-state index is 0.287. The van der Waals surface area contributed by atoms with Crippen molar-refractivity contribution in [2.24, 2.45) is 7.05 Å². The highest BCUT2D eigenvalue weighted by atomic mass is 16.5. The molecule has 0 unspecified atom stereocenters. The molecule has 0 spiro atoms. The number of carbonyl (C=O) groups is 1. The predicted molar refractivity (Wildman–Crippen MR) is 213 cm³/mol. The summed E-state index contributed by atoms with van der Waals surface area (Å²) in [6, 6.07) is 29.2. The van der Waals surface area contributed by atoms with Crippen LogP contribution in [-0.2, 0) is 42.6 Å². The maximum Gasteiger partial charge on any atom is 0.355 e. The molecule has 280 valence electrons. The number of benzene rings is 4. The molecule has 1 fully saturated rings. The molecule has 10 nitrogen and oxygen atoms in total. The van der Waals surface area contributed by atoms with Gasteiger partial charge in [-0.25, -0.2) is 4.79 Å². The lowest BCUT2D eigenvalue weighted by atomic mass is 9.97. The Balaban J connectivity index is 1.14. The van der Waals surface area contributed by atoms with E-state index in [1.165, 1.54) is 5.69 Å². The summed E-state index contributed by atoms with van der Waals surface area (Å²) in [6.45, 7) is 8.58. The number of rotatable bonds is 11. The normalized spacial score (nSPS) is 15.0. The zero-order chi connectivity index (χ0) is 37.0. The summed E-state index contributed by atoms with van der Waals surface area (Å²) in [4.78, 5) is 18.6. The third-order valence-electron chi connectivity index (χ3n) is 10.7. The molecular weight excluding hydrogens is 679 g/mol. The highest BCUT2D eigenvalue weighted by Gasteiger charge is 2.29. The number of aromatic nitrogens is 3. The highest BCUT2D eigenvalue weighted by Crippen LogP contribution is 2.40. The average Bonchev–Trinajstić information content (AvgIpc) is 3.69. The van der Waals surface area contributed by atoms with Crippen LogP contribution in [0.4, 0.5) is 5.69 Å². The van der Waals surface area contributed by atoms with Gasteiger partial charge >= 0.3 is 5.97 Å². The molecule has 4 heterocycles. The standard InChI is InChI=1S/C44H49N5O5/c1-4-52-44(50)43-36(16-9-26-53-40-17-7-12-31-11-5-6-13-34(31)40)35-14-8-15-37-41-38(30-54-33-20-18-32(19-21-33)48-24-27-51-28-25-48)45-47(3)39(41)29-46(2)22-10-23-49(43)42(35)37/h5-8,11-15,17-21H,4,9-10,16,22-30H2,1-3H3. The smallest absolute Gasteiger partial charge is 0.355 e. The molecule has 10 heteroatoms. The van der Waals surface area contributed by atoms with Crippen molar-refractivity contribution in [3.8, 4) is 22.6 Å². The van der Waals surface area contributed by atoms with E-state index < -0.39 is 0 Å². The number of anilines is 1. The van der Waals surface area contributed by atoms with Gasteiger partial charge in [0.2, 0.25) is 0 Å². The highest BCUT2D eigenvalue weighted by molar-refractivity contribution is 6.05. The number of esters is 1. The fourth-order valence-electron chi connectivity index (χ4n) is 8.12. The van der Waals surface area contributed by atoms with Crippen molar-refractivity contribution in [1.29, 1.82) is 0 Å². The Labute approximate surface area is 316 Å². The topological polar surface area (TPSA) is 83.2 Å². The van der Waals surface area contributed by atoms with Crippen LogP contribution in [0.3, 0.4) is 0 Å². The summed E-state index contributed by atoms with van der Waals surface area (Å²) in [5.74, 6) is 1.38. The molecule has 0 atom stereocenters. The van der Waals surface area contributed by atoms with E-state index in [9.17, 15) is 4.79 Å². The Kier molecular flexibility index (Phi) is 10.6. The fraction of sp³-hybridized carbons (Fsp3) is 0.364. The molecule has 0 saturated carbocycles. The molecule has 0 amide bonds. The second-order valence-electron chi connectivity index (χ2n) is 14.2. The molecule has 0 bridgehead atoms. The van der Waals surface area contributed by atoms with Gasteiger partial charge in [-0.1, -0.05) is 54.6 Å². The van der Waals surface area contributed by atoms with Gasteiger partial charge in [0, 0.05) is 60.8 Å². The number of ether oxygens (including phenoxy) is 4. The van der Waals surface area contributed by atoms with Crippen LogP contribution >= 0.6 is 0 Å². The average molecular weight is 728 g/mol. The number of morpholine rings is 1. The van der Waals surface area contributed by atoms with E-state index in [4.69, 9.17) is 24.0 Å². The van der Waals surface area contributed by atoms with Crippen LogP contribution in [0.1, 0.15) is 47.2 Å². The predicted octanol–water partition coefficient (Wildman–Crippen LogP) is 7.63. The second-order valence-corrected chi connectivity index (χ2v) is 14.2. The summed E-state index contributed by atoms with van der Waals surface area (Å²) < 4.78 is 28.3. The Bertz CT molecular complexity index is 2250. The summed E-state index contributed by atoms with van der Waals surface area (Å²) in [7, 11) is 4.17. The van der Waals surface area contributed by atoms with Gasteiger partial charge in [-0.3, -0.25) is 4.68 Å². The maximum absolute atomic E-state index is 13.9. The quantitative estimate of drug-likeness (QED) is 0.0996. The number of aryl methyl sites for hydroxylation is 3. The van der Waals surface area contributed by atoms with Crippen LogP contribution in [0.15, 0.2) is 84.9 Å². The van der Waals surface area contributed by atoms with Gasteiger partial charge in [0.05, 0.1) is 37.6 Å². The number of para-hydroxylation sites is 1. The molecule has 8 rings (SSSR count). The number of hydrogen-bond donors (Lipinski definition) is 0. The lowest BCUT2D eigenvalue weighted by Gasteiger charge is -2.28. The Morgan fingerprint density at radius 1 is 0.852 bits per heavy atom. The van der Waals surface area contributed by atoms with Crippen molar-refractivity contribution in [3.05, 3.63) is 108 Å². The van der Waals surface area contributed by atoms with E-state index >= 15 is 0 Å². The van der Waals surface area contributed by atoms with E-state index in [1.54, 1.807) is 0 Å². The van der Waals surface area contributed by atoms with Gasteiger partial charge in [0.15, 0.2) is 0 Å². The van der Waals surface area contributed by atoms with Gasteiger partial charge in [-0.2, -0.15) is 5.10 Å². The fourth-order valence-corrected chi connectivity index (χ4v) is 8.12. The first-order chi connectivity index (χ1) is 26.5. The maximum atomic E-state index is 13.9. The first kappa shape index (κ1) is 35.7. The number of fused-ring (bicyclic) bond motifs is 3. The Hall–Kier alpha value is -5.32. The number of carbonyl (C=O) groups excluding carboxylic acids is 1. The van der Waals surface area contributed by atoms with Gasteiger partial charge in [0.25, 0.3) is 0 Å². The van der Waals surface area contributed by atoms with Gasteiger partial charge in [-0.15, -0.1) is 0 Å². The molecule has 2 aliphatic rings. The van der Waals surface area contributed by atoms with Crippen molar-refractivity contribution in [1.82, 2.24) is 19.2 Å². The molecule has 1 saturated heterocycles. The van der Waals surface area contributed by atoms with Crippen molar-refractivity contribution in [2.45, 2.75) is 45.9 Å². The molecule has 6 aromatic rings. The Morgan fingerprint density at radius 3 is 2.46 bits per heavy atom. The zero-order valence-electron chi connectivity index (χ0n) is 31.6. The third-order valence-corrected chi connectivity index (χ3v) is 10.7. The first-order valence-electron chi connectivity index (χ1n) is 19.2. The molecule has 2 aliphatic heterocycles. The number of nitrogens with zero attached hydrogens (tertiary/aromatic N) is 5. The number of hydrogen-bond acceptors (Lipinski definition) is 8. The molecule has 0 aliphatic carbocycles. The van der Waals surface area contributed by atoms with Crippen molar-refractivity contribution in [2.75, 3.05) is 58.0 Å². The van der Waals surface area contributed by atoms with Gasteiger partial charge < -0.3 is 33.3 Å². The summed E-state index contributed by atoms with van der Waals surface area (Å²) >= 11 is 0. The lowest BCUT2D eigenvalue weighted by Crippen LogP contribution is -2.36. The molecule has 0 radical (unpaired) electrons. The monoisotopic (exact) mass is 727 g/mol. The zero-order valence-corrected chi connectivity index (χ0v) is 31.6. The van der Waals surface area contributed by atoms with E-state index in [1.807, 2.05) is 55.1 Å². The molecule has 4 aromatic carbocycles. The van der Waals surface area contributed by atoms with E-state index in [2.05, 4.69) is 69.9 Å². The van der Waals surface area contributed by atoms with Crippen LogP contribution in [0, 0.1) is 0 Å². The third kappa shape index (κ3) is 7.15. The van der Waals surface area contributed by atoms with Gasteiger partial charge in [-0.05, 0) is 81.1 Å². The lowest BCUT2D eigenvalue weighted by molar-refractivity contribution is 0.0512. The van der Waals surface area contributed by atoms with Crippen LogP contribution < -0.4 is 14.4 Å². The molecule has 2 aromatic heterocycles.